The largest absolute Gasteiger partial charge is 0.496 e. The van der Waals surface area contributed by atoms with Gasteiger partial charge in [0, 0.05) is 31.4 Å². The number of aryl methyl sites for hydroxylation is 2. The molecule has 10 heteroatoms. The molecule has 0 saturated carbocycles. The van der Waals surface area contributed by atoms with Gasteiger partial charge in [-0.25, -0.2) is 4.98 Å². The van der Waals surface area contributed by atoms with E-state index < -0.39 is 15.4 Å². The number of benzene rings is 2. The van der Waals surface area contributed by atoms with Crippen molar-refractivity contribution in [1.82, 2.24) is 24.1 Å². The second-order valence-electron chi connectivity index (χ2n) is 9.06. The molecule has 186 valence electrons. The van der Waals surface area contributed by atoms with Gasteiger partial charge in [0.15, 0.2) is 5.03 Å². The molecule has 0 spiro atoms. The summed E-state index contributed by atoms with van der Waals surface area (Å²) in [5.41, 5.74) is 2.72. The number of rotatable bonds is 7. The standard InChI is InChI=1S/C26H27N5O4S/c1-30-16-24(28-18-30)36(33,34)31-15-19-14-26(13-12-22(19)29-31,20-8-4-3-5-9-20)17-27-25(32)21-10-6-7-11-23(21)35-2/h3-11,15-16,18H,12-14,17H2,1-2H3,(H,27,32). The van der Waals surface area contributed by atoms with Crippen molar-refractivity contribution in [2.45, 2.75) is 29.7 Å². The van der Waals surface area contributed by atoms with E-state index in [4.69, 9.17) is 4.74 Å². The molecule has 0 fully saturated rings. The molecule has 0 radical (unpaired) electrons. The number of hydrogen-bond acceptors (Lipinski definition) is 6. The molecule has 5 rings (SSSR count). The van der Waals surface area contributed by atoms with Crippen LogP contribution in [0.15, 0.2) is 78.3 Å². The molecule has 4 aromatic rings. The summed E-state index contributed by atoms with van der Waals surface area (Å²) in [5, 5.41) is 7.46. The Balaban J connectivity index is 1.45. The fourth-order valence-electron chi connectivity index (χ4n) is 4.80. The van der Waals surface area contributed by atoms with Gasteiger partial charge in [-0.15, -0.1) is 0 Å². The summed E-state index contributed by atoms with van der Waals surface area (Å²) in [6.45, 7) is 0.380. The van der Waals surface area contributed by atoms with Crippen molar-refractivity contribution in [2.75, 3.05) is 13.7 Å². The lowest BCUT2D eigenvalue weighted by Gasteiger charge is -2.37. The monoisotopic (exact) mass is 505 g/mol. The van der Waals surface area contributed by atoms with E-state index in [1.807, 2.05) is 24.3 Å². The molecule has 0 aliphatic heterocycles. The summed E-state index contributed by atoms with van der Waals surface area (Å²) in [4.78, 5) is 17.1. The summed E-state index contributed by atoms with van der Waals surface area (Å²) in [5.74, 6) is 0.290. The van der Waals surface area contributed by atoms with E-state index in [2.05, 4.69) is 27.5 Å². The molecular formula is C26H27N5O4S. The number of carbonyl (C=O) groups is 1. The van der Waals surface area contributed by atoms with Crippen molar-refractivity contribution in [1.29, 1.82) is 0 Å². The third-order valence-electron chi connectivity index (χ3n) is 6.74. The van der Waals surface area contributed by atoms with Crippen LogP contribution in [0, 0.1) is 0 Å². The summed E-state index contributed by atoms with van der Waals surface area (Å²) >= 11 is 0. The maximum Gasteiger partial charge on any atom is 0.301 e. The quantitative estimate of drug-likeness (QED) is 0.414. The molecule has 1 amide bonds. The molecule has 2 heterocycles. The number of methoxy groups -OCH3 is 1. The van der Waals surface area contributed by atoms with Gasteiger partial charge in [0.25, 0.3) is 5.91 Å². The first-order chi connectivity index (χ1) is 17.3. The van der Waals surface area contributed by atoms with Crippen molar-refractivity contribution >= 4 is 15.9 Å². The highest BCUT2D eigenvalue weighted by molar-refractivity contribution is 7.89. The van der Waals surface area contributed by atoms with Crippen LogP contribution in [0.4, 0.5) is 0 Å². The van der Waals surface area contributed by atoms with Crippen LogP contribution in [-0.4, -0.2) is 46.7 Å². The van der Waals surface area contributed by atoms with Gasteiger partial charge in [-0.2, -0.15) is 17.6 Å². The van der Waals surface area contributed by atoms with Crippen LogP contribution >= 0.6 is 0 Å². The van der Waals surface area contributed by atoms with Crippen molar-refractivity contribution in [2.24, 2.45) is 7.05 Å². The van der Waals surface area contributed by atoms with Crippen molar-refractivity contribution in [3.63, 3.8) is 0 Å². The average Bonchev–Trinajstić information content (AvgIpc) is 3.54. The zero-order valence-electron chi connectivity index (χ0n) is 20.1. The Kier molecular flexibility index (Phi) is 6.13. The first kappa shape index (κ1) is 23.8. The summed E-state index contributed by atoms with van der Waals surface area (Å²) in [6.07, 6.45) is 6.31. The van der Waals surface area contributed by atoms with Crippen molar-refractivity contribution < 1.29 is 17.9 Å². The number of aromatic nitrogens is 4. The molecule has 9 nitrogen and oxygen atoms in total. The Hall–Kier alpha value is -3.92. The Labute approximate surface area is 209 Å². The first-order valence-electron chi connectivity index (χ1n) is 11.6. The smallest absolute Gasteiger partial charge is 0.301 e. The maximum atomic E-state index is 13.1. The predicted molar refractivity (Wildman–Crippen MR) is 133 cm³/mol. The Morgan fingerprint density at radius 1 is 1.11 bits per heavy atom. The third kappa shape index (κ3) is 4.28. The number of carbonyl (C=O) groups excluding carboxylic acids is 1. The molecule has 1 atom stereocenters. The molecule has 36 heavy (non-hydrogen) atoms. The number of para-hydroxylation sites is 1. The van der Waals surface area contributed by atoms with Gasteiger partial charge in [0.2, 0.25) is 0 Å². The minimum Gasteiger partial charge on any atom is -0.496 e. The molecule has 2 aromatic carbocycles. The van der Waals surface area contributed by atoms with E-state index in [9.17, 15) is 13.2 Å². The van der Waals surface area contributed by atoms with E-state index in [-0.39, 0.29) is 10.9 Å². The van der Waals surface area contributed by atoms with E-state index in [1.54, 1.807) is 36.0 Å². The van der Waals surface area contributed by atoms with Crippen molar-refractivity contribution in [3.05, 3.63) is 95.7 Å². The number of nitrogens with zero attached hydrogens (tertiary/aromatic N) is 4. The first-order valence-corrected chi connectivity index (χ1v) is 13.0. The minimum absolute atomic E-state index is 0.0526. The van der Waals surface area contributed by atoms with Crippen molar-refractivity contribution in [3.8, 4) is 5.75 Å². The fourth-order valence-corrected chi connectivity index (χ4v) is 5.94. The highest BCUT2D eigenvalue weighted by Gasteiger charge is 2.39. The zero-order valence-corrected chi connectivity index (χ0v) is 20.9. The van der Waals surface area contributed by atoms with Gasteiger partial charge in [-0.3, -0.25) is 4.79 Å². The van der Waals surface area contributed by atoms with Crippen LogP contribution in [0.1, 0.15) is 33.6 Å². The lowest BCUT2D eigenvalue weighted by atomic mass is 9.69. The molecular weight excluding hydrogens is 478 g/mol. The van der Waals surface area contributed by atoms with Gasteiger partial charge >= 0.3 is 10.0 Å². The van der Waals surface area contributed by atoms with Gasteiger partial charge < -0.3 is 14.6 Å². The van der Waals surface area contributed by atoms with Crippen LogP contribution < -0.4 is 10.1 Å². The highest BCUT2D eigenvalue weighted by atomic mass is 32.2. The molecule has 0 bridgehead atoms. The second kappa shape index (κ2) is 9.27. The normalized spacial score (nSPS) is 17.4. The fraction of sp³-hybridized carbons (Fsp3) is 0.269. The topological polar surface area (TPSA) is 108 Å². The SMILES string of the molecule is COc1ccccc1C(=O)NCC1(c2ccccc2)CCc2nn(S(=O)(=O)c3cn(C)cn3)cc2C1. The van der Waals surface area contributed by atoms with E-state index in [1.165, 1.54) is 19.6 Å². The van der Waals surface area contributed by atoms with Crippen LogP contribution in [0.5, 0.6) is 5.75 Å². The number of amides is 1. The van der Waals surface area contributed by atoms with Gasteiger partial charge in [-0.05, 0) is 42.5 Å². The van der Waals surface area contributed by atoms with Crippen LogP contribution in [-0.2, 0) is 35.3 Å². The molecule has 1 aliphatic carbocycles. The second-order valence-corrected chi connectivity index (χ2v) is 10.8. The molecule has 2 aromatic heterocycles. The highest BCUT2D eigenvalue weighted by Crippen LogP contribution is 2.38. The summed E-state index contributed by atoms with van der Waals surface area (Å²) in [6, 6.07) is 17.1. The van der Waals surface area contributed by atoms with Crippen LogP contribution in [0.2, 0.25) is 0 Å². The van der Waals surface area contributed by atoms with E-state index in [0.717, 1.165) is 20.9 Å². The zero-order chi connectivity index (χ0) is 25.3. The van der Waals surface area contributed by atoms with Gasteiger partial charge in [0.1, 0.15) is 5.75 Å². The third-order valence-corrected chi connectivity index (χ3v) is 8.16. The number of hydrogen-bond donors (Lipinski definition) is 1. The van der Waals surface area contributed by atoms with E-state index in [0.29, 0.717) is 37.1 Å². The van der Waals surface area contributed by atoms with Gasteiger partial charge in [0.05, 0.1) is 24.7 Å². The molecule has 1 N–H and O–H groups in total. The van der Waals surface area contributed by atoms with Crippen LogP contribution in [0.3, 0.4) is 0 Å². The Morgan fingerprint density at radius 3 is 2.58 bits per heavy atom. The summed E-state index contributed by atoms with van der Waals surface area (Å²) in [7, 11) is -0.639. The number of fused-ring (bicyclic) bond motifs is 1. The number of imidazole rings is 1. The Morgan fingerprint density at radius 2 is 1.86 bits per heavy atom. The Bertz CT molecular complexity index is 1510. The molecule has 1 unspecified atom stereocenters. The molecule has 1 aliphatic rings. The molecule has 0 saturated heterocycles. The lowest BCUT2D eigenvalue weighted by Crippen LogP contribution is -2.44. The van der Waals surface area contributed by atoms with E-state index >= 15 is 0 Å². The number of ether oxygens (including phenoxy) is 1. The number of nitrogens with one attached hydrogen (secondary N) is 1. The van der Waals surface area contributed by atoms with Crippen LogP contribution in [0.25, 0.3) is 0 Å². The average molecular weight is 506 g/mol. The minimum atomic E-state index is -3.89. The lowest BCUT2D eigenvalue weighted by molar-refractivity contribution is 0.0937. The summed E-state index contributed by atoms with van der Waals surface area (Å²) < 4.78 is 34.1. The van der Waals surface area contributed by atoms with Gasteiger partial charge in [-0.1, -0.05) is 42.5 Å². The maximum absolute atomic E-state index is 13.1. The predicted octanol–water partition coefficient (Wildman–Crippen LogP) is 2.72.